The average Bonchev–Trinajstić information content (AvgIpc) is 3.49. The van der Waals surface area contributed by atoms with Crippen LogP contribution in [0.1, 0.15) is 0 Å². The van der Waals surface area contributed by atoms with Crippen LogP contribution in [0.2, 0.25) is 19.6 Å². The lowest BCUT2D eigenvalue weighted by Gasteiger charge is -2.21. The van der Waals surface area contributed by atoms with Gasteiger partial charge in [-0.1, -0.05) is 12.1 Å². The molecule has 0 aromatic heterocycles. The molecule has 0 saturated carbocycles. The smallest absolute Gasteiger partial charge is 0.242 e. The first-order chi connectivity index (χ1) is 13.7. The molecule has 0 radical (unpaired) electrons. The van der Waals surface area contributed by atoms with Crippen molar-refractivity contribution < 1.29 is 14.0 Å². The molecular formula is C21H27N3O3SSi. The quantitative estimate of drug-likeness (QED) is 0.336. The normalized spacial score (nSPS) is 20.3. The molecule has 0 atom stereocenters. The van der Waals surface area contributed by atoms with Crippen LogP contribution in [0, 0.1) is 0 Å². The summed E-state index contributed by atoms with van der Waals surface area (Å²) in [6.45, 7) is 11.9. The van der Waals surface area contributed by atoms with Gasteiger partial charge in [-0.2, -0.15) is 0 Å². The number of allylic oxidation sites excluding steroid dienone is 1. The van der Waals surface area contributed by atoms with Gasteiger partial charge in [-0.25, -0.2) is 0 Å². The van der Waals surface area contributed by atoms with E-state index >= 15 is 0 Å². The molecule has 0 unspecified atom stereocenters. The van der Waals surface area contributed by atoms with Crippen LogP contribution in [0.5, 0.6) is 5.75 Å². The zero-order valence-corrected chi connectivity index (χ0v) is 19.0. The summed E-state index contributed by atoms with van der Waals surface area (Å²) in [4.78, 5) is 31.4. The van der Waals surface area contributed by atoms with E-state index in [0.717, 1.165) is 49.9 Å². The van der Waals surface area contributed by atoms with Crippen molar-refractivity contribution in [1.82, 2.24) is 14.7 Å². The monoisotopic (exact) mass is 429 g/mol. The van der Waals surface area contributed by atoms with Crippen molar-refractivity contribution in [3.63, 3.8) is 0 Å². The molecule has 8 heteroatoms. The number of para-hydroxylation sites is 1. The Bertz CT molecular complexity index is 910. The molecule has 6 nitrogen and oxygen atoms in total. The minimum absolute atomic E-state index is 0.00546. The highest BCUT2D eigenvalue weighted by Crippen LogP contribution is 2.34. The number of carbonyl (C=O) groups excluding carboxylic acids is 2. The van der Waals surface area contributed by atoms with E-state index in [0.29, 0.717) is 17.1 Å². The number of hydrogen-bond donors (Lipinski definition) is 1. The van der Waals surface area contributed by atoms with Crippen LogP contribution in [0.4, 0.5) is 0 Å². The fraction of sp³-hybridized carbons (Fsp3) is 0.429. The van der Waals surface area contributed by atoms with E-state index < -0.39 is 8.32 Å². The summed E-state index contributed by atoms with van der Waals surface area (Å²) < 4.78 is 5.79. The summed E-state index contributed by atoms with van der Waals surface area (Å²) in [7, 11) is -1.48. The molecule has 1 aromatic carbocycles. The van der Waals surface area contributed by atoms with Crippen molar-refractivity contribution >= 4 is 32.5 Å². The third-order valence-corrected chi connectivity index (χ3v) is 5.97. The first kappa shape index (κ1) is 20.1. The van der Waals surface area contributed by atoms with Gasteiger partial charge in [0.1, 0.15) is 17.1 Å². The van der Waals surface area contributed by atoms with Crippen molar-refractivity contribution in [3.8, 4) is 5.75 Å². The van der Waals surface area contributed by atoms with Crippen molar-refractivity contribution in [1.29, 1.82) is 0 Å². The molecular weight excluding hydrogens is 402 g/mol. The van der Waals surface area contributed by atoms with Crippen LogP contribution < -0.4 is 4.43 Å². The number of carbonyl (C=O) groups is 2. The third kappa shape index (κ3) is 4.87. The van der Waals surface area contributed by atoms with E-state index in [1.165, 1.54) is 6.08 Å². The Morgan fingerprint density at radius 1 is 0.862 bits per heavy atom. The van der Waals surface area contributed by atoms with Gasteiger partial charge in [-0.15, -0.1) is 12.6 Å². The predicted octanol–water partition coefficient (Wildman–Crippen LogP) is 2.37. The van der Waals surface area contributed by atoms with E-state index in [1.807, 2.05) is 39.0 Å². The van der Waals surface area contributed by atoms with Gasteiger partial charge in [-0.05, 0) is 31.8 Å². The molecule has 29 heavy (non-hydrogen) atoms. The Hall–Kier alpha value is -2.19. The Kier molecular flexibility index (Phi) is 5.24. The highest BCUT2D eigenvalue weighted by molar-refractivity contribution is 7.80. The summed E-state index contributed by atoms with van der Waals surface area (Å²) in [5.41, 5.74) is 1.89. The Morgan fingerprint density at radius 3 is 1.93 bits per heavy atom. The van der Waals surface area contributed by atoms with E-state index in [1.54, 1.807) is 0 Å². The second kappa shape index (κ2) is 7.57. The maximum atomic E-state index is 12.4. The fourth-order valence-electron chi connectivity index (χ4n) is 3.15. The second-order valence-electron chi connectivity index (χ2n) is 8.56. The van der Waals surface area contributed by atoms with E-state index in [9.17, 15) is 9.59 Å². The Balaban J connectivity index is 0.000000152. The molecule has 0 bridgehead atoms. The van der Waals surface area contributed by atoms with Crippen LogP contribution in [-0.2, 0) is 9.59 Å². The number of ketones is 2. The van der Waals surface area contributed by atoms with Gasteiger partial charge in [0.2, 0.25) is 19.9 Å². The minimum atomic E-state index is -1.48. The summed E-state index contributed by atoms with van der Waals surface area (Å²) >= 11 is 4.31. The van der Waals surface area contributed by atoms with Gasteiger partial charge in [0.25, 0.3) is 0 Å². The molecule has 3 fully saturated rings. The third-order valence-electron chi connectivity index (χ3n) is 4.77. The maximum absolute atomic E-state index is 12.4. The van der Waals surface area contributed by atoms with Gasteiger partial charge in [-0.3, -0.25) is 9.59 Å². The van der Waals surface area contributed by atoms with Gasteiger partial charge in [0.05, 0.1) is 5.70 Å². The summed E-state index contributed by atoms with van der Waals surface area (Å²) in [5, 5.41) is 0. The van der Waals surface area contributed by atoms with Crippen LogP contribution in [0.15, 0.2) is 52.3 Å². The predicted molar refractivity (Wildman–Crippen MR) is 118 cm³/mol. The maximum Gasteiger partial charge on any atom is 0.242 e. The topological polar surface area (TPSA) is 52.4 Å². The van der Waals surface area contributed by atoms with E-state index in [4.69, 9.17) is 4.43 Å². The molecule has 0 amide bonds. The number of rotatable bonds is 5. The van der Waals surface area contributed by atoms with Crippen LogP contribution in [0.25, 0.3) is 0 Å². The first-order valence-electron chi connectivity index (χ1n) is 10.0. The van der Waals surface area contributed by atoms with Crippen molar-refractivity contribution in [3.05, 3.63) is 47.4 Å². The molecule has 0 N–H and O–H groups in total. The highest BCUT2D eigenvalue weighted by Gasteiger charge is 2.43. The Labute approximate surface area is 178 Å². The lowest BCUT2D eigenvalue weighted by atomic mass is 10.0. The molecule has 3 aliphatic heterocycles. The number of Topliss-reactive ketones (excluding diaryl/α,β-unsaturated/α-hetero) is 1. The van der Waals surface area contributed by atoms with Crippen LogP contribution in [-0.4, -0.2) is 73.9 Å². The van der Waals surface area contributed by atoms with E-state index in [2.05, 4.69) is 32.3 Å². The molecule has 0 spiro atoms. The van der Waals surface area contributed by atoms with E-state index in [-0.39, 0.29) is 11.6 Å². The lowest BCUT2D eigenvalue weighted by Crippen LogP contribution is -2.29. The van der Waals surface area contributed by atoms with Crippen molar-refractivity contribution in [2.24, 2.45) is 0 Å². The van der Waals surface area contributed by atoms with Crippen LogP contribution >= 0.6 is 12.6 Å². The number of nitrogens with zero attached hydrogens (tertiary/aromatic N) is 3. The van der Waals surface area contributed by atoms with Crippen molar-refractivity contribution in [2.45, 2.75) is 24.5 Å². The highest BCUT2D eigenvalue weighted by atomic mass is 32.1. The Morgan fingerprint density at radius 2 is 1.41 bits per heavy atom. The lowest BCUT2D eigenvalue weighted by molar-refractivity contribution is -0.117. The minimum Gasteiger partial charge on any atom is -0.544 e. The molecule has 1 aromatic rings. The molecule has 3 saturated heterocycles. The van der Waals surface area contributed by atoms with Gasteiger partial charge in [0, 0.05) is 50.2 Å². The molecule has 5 rings (SSSR count). The van der Waals surface area contributed by atoms with Gasteiger partial charge < -0.3 is 19.1 Å². The number of benzene rings is 1. The standard InChI is InChI=1S/C12H13N3O2.C9H14OSSi/c16-9-7-8(13-1-2-13)12(17)11(15-5-6-15)10(9)14-3-4-14;1-12(2,3)10-8-6-4-5-7-9(8)11/h7H,1-6H2;4-7,11H,1-3H3. The number of thiol groups is 1. The molecule has 154 valence electrons. The molecule has 3 heterocycles. The first-order valence-corrected chi connectivity index (χ1v) is 13.9. The summed E-state index contributed by atoms with van der Waals surface area (Å²) in [6.07, 6.45) is 1.52. The second-order valence-corrected chi connectivity index (χ2v) is 13.5. The van der Waals surface area contributed by atoms with Crippen LogP contribution in [0.3, 0.4) is 0 Å². The fourth-order valence-corrected chi connectivity index (χ4v) is 4.28. The average molecular weight is 430 g/mol. The molecule has 1 aliphatic carbocycles. The zero-order valence-electron chi connectivity index (χ0n) is 17.1. The summed E-state index contributed by atoms with van der Waals surface area (Å²) in [5.74, 6) is 0.951. The number of hydrogen-bond acceptors (Lipinski definition) is 7. The zero-order chi connectivity index (χ0) is 20.8. The van der Waals surface area contributed by atoms with Gasteiger partial charge in [0.15, 0.2) is 0 Å². The molecule has 4 aliphatic rings. The van der Waals surface area contributed by atoms with Crippen molar-refractivity contribution in [2.75, 3.05) is 39.3 Å². The summed E-state index contributed by atoms with van der Waals surface area (Å²) in [6, 6.07) is 7.83. The van der Waals surface area contributed by atoms with Gasteiger partial charge >= 0.3 is 0 Å². The largest absolute Gasteiger partial charge is 0.544 e. The SMILES string of the molecule is C[Si](C)(C)Oc1ccccc1S.O=C1C=C(N2CC2)C(=O)C(N2CC2)=C1N1CC1.